The molecule has 1 N–H and O–H groups in total. The summed E-state index contributed by atoms with van der Waals surface area (Å²) >= 11 is 0. The molecule has 0 spiro atoms. The average molecular weight is 1030 g/mol. The molecule has 0 aliphatic carbocycles. The van der Waals surface area contributed by atoms with Gasteiger partial charge in [-0.1, -0.05) is 123 Å². The number of likely N-dealkylation sites (tertiary alicyclic amines) is 1. The fourth-order valence-electron chi connectivity index (χ4n) is 9.77. The van der Waals surface area contributed by atoms with Crippen molar-refractivity contribution in [2.24, 2.45) is 0 Å². The molecule has 4 aliphatic heterocycles. The van der Waals surface area contributed by atoms with Crippen molar-refractivity contribution in [2.45, 2.75) is 45.8 Å². The summed E-state index contributed by atoms with van der Waals surface area (Å²) < 4.78 is 23.2. The molecule has 0 amide bonds. The van der Waals surface area contributed by atoms with Crippen molar-refractivity contribution < 1.29 is 18.9 Å². The highest BCUT2D eigenvalue weighted by molar-refractivity contribution is 5.84. The van der Waals surface area contributed by atoms with Gasteiger partial charge in [0.15, 0.2) is 11.5 Å². The van der Waals surface area contributed by atoms with E-state index in [-0.39, 0.29) is 11.6 Å². The van der Waals surface area contributed by atoms with Crippen molar-refractivity contribution in [3.63, 3.8) is 0 Å². The van der Waals surface area contributed by atoms with Crippen molar-refractivity contribution in [2.75, 3.05) is 75.9 Å². The Hall–Kier alpha value is -8.96. The van der Waals surface area contributed by atoms with Crippen molar-refractivity contribution in [1.29, 1.82) is 10.5 Å². The molecule has 0 saturated carbocycles. The van der Waals surface area contributed by atoms with Crippen LogP contribution in [0.2, 0.25) is 0 Å². The molecule has 8 heterocycles. The van der Waals surface area contributed by atoms with E-state index in [0.29, 0.717) is 61.5 Å². The molecule has 0 radical (unpaired) electrons. The van der Waals surface area contributed by atoms with Crippen LogP contribution < -0.4 is 29.2 Å². The fraction of sp³-hybridized carbons (Fsp3) is 0.279. The number of pyridine rings is 2. The first-order valence-electron chi connectivity index (χ1n) is 26.3. The zero-order chi connectivity index (χ0) is 52.8. The molecule has 4 aliphatic rings. The predicted molar refractivity (Wildman–Crippen MR) is 296 cm³/mol. The van der Waals surface area contributed by atoms with E-state index >= 15 is 0 Å². The molecule has 0 atom stereocenters. The molecule has 8 aromatic rings. The van der Waals surface area contributed by atoms with Gasteiger partial charge in [-0.05, 0) is 59.4 Å². The normalized spacial score (nSPS) is 15.1. The van der Waals surface area contributed by atoms with Gasteiger partial charge in [0.25, 0.3) is 11.8 Å². The highest BCUT2D eigenvalue weighted by Gasteiger charge is 2.24. The fourth-order valence-corrected chi connectivity index (χ4v) is 9.77. The summed E-state index contributed by atoms with van der Waals surface area (Å²) in [5.74, 6) is 4.42. The molecule has 2 fully saturated rings. The Balaban J connectivity index is 0.000000169. The molecule has 388 valence electrons. The average Bonchev–Trinajstić information content (AvgIpc) is 3.52. The van der Waals surface area contributed by atoms with E-state index in [9.17, 15) is 0 Å². The number of piperidine rings is 1. The molecule has 2 saturated heterocycles. The molecule has 16 heteroatoms. The zero-order valence-electron chi connectivity index (χ0n) is 43.4. The highest BCUT2D eigenvalue weighted by Crippen LogP contribution is 2.41. The Morgan fingerprint density at radius 3 is 1.48 bits per heavy atom. The van der Waals surface area contributed by atoms with Gasteiger partial charge in [-0.25, -0.2) is 29.9 Å². The van der Waals surface area contributed by atoms with E-state index in [0.717, 1.165) is 116 Å². The summed E-state index contributed by atoms with van der Waals surface area (Å²) in [4.78, 5) is 33.3. The number of hydrogen-bond donors (Lipinski definition) is 1. The third-order valence-electron chi connectivity index (χ3n) is 13.6. The lowest BCUT2D eigenvalue weighted by Crippen LogP contribution is -2.46. The van der Waals surface area contributed by atoms with Gasteiger partial charge in [0.2, 0.25) is 11.6 Å². The Labute approximate surface area is 449 Å². The summed E-state index contributed by atoms with van der Waals surface area (Å²) in [6, 6.07) is 50.0. The van der Waals surface area contributed by atoms with Gasteiger partial charge >= 0.3 is 0 Å². The maximum Gasteiger partial charge on any atom is 0.257 e. The number of hydrogen-bond acceptors (Lipinski definition) is 16. The predicted octanol–water partition coefficient (Wildman–Crippen LogP) is 10.1. The molecule has 4 aromatic heterocycles. The van der Waals surface area contributed by atoms with Gasteiger partial charge in [-0.2, -0.15) is 10.5 Å². The third kappa shape index (κ3) is 12.8. The van der Waals surface area contributed by atoms with Crippen LogP contribution >= 0.6 is 0 Å². The summed E-state index contributed by atoms with van der Waals surface area (Å²) in [6.07, 6.45) is 5.31. The monoisotopic (exact) mass is 1020 g/mol. The standard InChI is InChI=1S/C30H28N6O2.C29H26N6O2.C2H6/c31-19-28-32-13-10-27(34-28)33-24-11-14-36(15-12-24)20-21-6-8-23(9-7-21)29-25(22-4-2-1-3-5-22)18-26-30(35-29)38-17-16-37-26;30-19-26-31-11-10-27(32-26)35-14-12-34(13-15-35)20-21-6-8-23(9-7-21)28-24(22-4-2-1-3-5-22)18-25-29(33-28)37-17-16-36-25;1-2/h1-10,13,18,24H,11-12,14-17,20H2,(H,32,33,34);1-11,18H,12-17,20H2;1-2H3. The van der Waals surface area contributed by atoms with Gasteiger partial charge in [-0.15, -0.1) is 0 Å². The van der Waals surface area contributed by atoms with E-state index in [4.69, 9.17) is 39.4 Å². The van der Waals surface area contributed by atoms with Crippen molar-refractivity contribution in [1.82, 2.24) is 39.7 Å². The molecule has 0 bridgehead atoms. The molecule has 77 heavy (non-hydrogen) atoms. The molecule has 0 unspecified atom stereocenters. The van der Waals surface area contributed by atoms with E-state index in [1.165, 1.54) is 11.1 Å². The van der Waals surface area contributed by atoms with Crippen LogP contribution in [0, 0.1) is 22.7 Å². The van der Waals surface area contributed by atoms with E-state index in [1.54, 1.807) is 12.4 Å². The number of benzene rings is 4. The van der Waals surface area contributed by atoms with E-state index in [2.05, 4.69) is 113 Å². The molecular formula is C61H60N12O4. The van der Waals surface area contributed by atoms with Crippen LogP contribution in [0.15, 0.2) is 146 Å². The molecule has 4 aromatic carbocycles. The number of piperazine rings is 1. The minimum Gasteiger partial charge on any atom is -0.484 e. The minimum absolute atomic E-state index is 0.193. The minimum atomic E-state index is 0.193. The van der Waals surface area contributed by atoms with Gasteiger partial charge in [0.1, 0.15) is 50.2 Å². The smallest absolute Gasteiger partial charge is 0.257 e. The third-order valence-corrected chi connectivity index (χ3v) is 13.6. The molecular weight excluding hydrogens is 965 g/mol. The number of rotatable bonds is 11. The summed E-state index contributed by atoms with van der Waals surface area (Å²) in [5.41, 5.74) is 10.6. The van der Waals surface area contributed by atoms with Crippen molar-refractivity contribution in [3.05, 3.63) is 169 Å². The van der Waals surface area contributed by atoms with Crippen LogP contribution in [0.5, 0.6) is 23.3 Å². The van der Waals surface area contributed by atoms with Crippen LogP contribution in [0.4, 0.5) is 11.6 Å². The second kappa shape index (κ2) is 25.0. The number of ether oxygens (including phenoxy) is 4. The van der Waals surface area contributed by atoms with E-state index < -0.39 is 0 Å². The first-order chi connectivity index (χ1) is 38.0. The summed E-state index contributed by atoms with van der Waals surface area (Å²) in [5, 5.41) is 21.5. The lowest BCUT2D eigenvalue weighted by molar-refractivity contribution is 0.165. The van der Waals surface area contributed by atoms with Crippen molar-refractivity contribution in [3.8, 4) is 80.2 Å². The van der Waals surface area contributed by atoms with Crippen LogP contribution in [0.1, 0.15) is 49.5 Å². The van der Waals surface area contributed by atoms with Gasteiger partial charge in [0, 0.05) is 93.0 Å². The SMILES string of the molecule is CC.N#Cc1nccc(N2CCN(Cc3ccc(-c4nc5c(cc4-c4ccccc4)OCCO5)cc3)CC2)n1.N#Cc1nccc(NC2CCN(Cc3ccc(-c4nc5c(cc4-c4ccccc4)OCCO5)cc3)CC2)n1. The number of aromatic nitrogens is 6. The molecule has 16 nitrogen and oxygen atoms in total. The second-order valence-electron chi connectivity index (χ2n) is 18.6. The lowest BCUT2D eigenvalue weighted by Gasteiger charge is -2.35. The first-order valence-corrected chi connectivity index (χ1v) is 26.3. The Morgan fingerprint density at radius 1 is 0.506 bits per heavy atom. The zero-order valence-corrected chi connectivity index (χ0v) is 43.4. The van der Waals surface area contributed by atoms with Gasteiger partial charge < -0.3 is 29.2 Å². The number of nitrogens with one attached hydrogen (secondary N) is 1. The van der Waals surface area contributed by atoms with Crippen LogP contribution in [0.25, 0.3) is 44.8 Å². The van der Waals surface area contributed by atoms with Crippen LogP contribution in [-0.2, 0) is 13.1 Å². The maximum absolute atomic E-state index is 9.07. The van der Waals surface area contributed by atoms with E-state index in [1.807, 2.05) is 86.6 Å². The topological polar surface area (TPSA) is 184 Å². The van der Waals surface area contributed by atoms with Crippen LogP contribution in [-0.4, -0.2) is 111 Å². The Kier molecular flexibility index (Phi) is 16.8. The number of nitriles is 2. The number of anilines is 2. The van der Waals surface area contributed by atoms with Crippen LogP contribution in [0.3, 0.4) is 0 Å². The first kappa shape index (κ1) is 51.5. The largest absolute Gasteiger partial charge is 0.484 e. The number of nitrogens with zero attached hydrogens (tertiary/aromatic N) is 11. The quantitative estimate of drug-likeness (QED) is 0.129. The Bertz CT molecular complexity index is 3320. The highest BCUT2D eigenvalue weighted by atomic mass is 16.6. The van der Waals surface area contributed by atoms with Gasteiger partial charge in [-0.3, -0.25) is 9.80 Å². The molecule has 12 rings (SSSR count). The lowest BCUT2D eigenvalue weighted by atomic mass is 9.98. The van der Waals surface area contributed by atoms with Gasteiger partial charge in [0.05, 0.1) is 11.4 Å². The summed E-state index contributed by atoms with van der Waals surface area (Å²) in [7, 11) is 0. The summed E-state index contributed by atoms with van der Waals surface area (Å²) in [6.45, 7) is 13.4. The maximum atomic E-state index is 9.07. The number of fused-ring (bicyclic) bond motifs is 2. The Morgan fingerprint density at radius 2 is 0.974 bits per heavy atom. The second-order valence-corrected chi connectivity index (χ2v) is 18.6. The van der Waals surface area contributed by atoms with Crippen molar-refractivity contribution >= 4 is 11.6 Å².